The quantitative estimate of drug-likeness (QED) is 0.451. The van der Waals surface area contributed by atoms with E-state index in [0.717, 1.165) is 23.7 Å². The van der Waals surface area contributed by atoms with Gasteiger partial charge in [-0.05, 0) is 43.2 Å². The summed E-state index contributed by atoms with van der Waals surface area (Å²) < 4.78 is 20.0. The number of carbonyl (C=O) groups is 1. The molecule has 27 heavy (non-hydrogen) atoms. The van der Waals surface area contributed by atoms with Gasteiger partial charge >= 0.3 is 0 Å². The van der Waals surface area contributed by atoms with E-state index in [2.05, 4.69) is 10.3 Å². The van der Waals surface area contributed by atoms with Gasteiger partial charge in [0.1, 0.15) is 0 Å². The Kier molecular flexibility index (Phi) is 6.60. The first kappa shape index (κ1) is 19.1. The van der Waals surface area contributed by atoms with Crippen LogP contribution in [-0.4, -0.2) is 23.4 Å². The molecule has 0 unspecified atom stereocenters. The van der Waals surface area contributed by atoms with Crippen molar-refractivity contribution in [2.45, 2.75) is 19.4 Å². The maximum absolute atomic E-state index is 14.5. The molecule has 1 heterocycles. The molecule has 0 saturated carbocycles. The lowest BCUT2D eigenvalue weighted by Crippen LogP contribution is -2.23. The van der Waals surface area contributed by atoms with Gasteiger partial charge in [-0.25, -0.2) is 4.39 Å². The first-order valence-corrected chi connectivity index (χ1v) is 9.31. The number of nitrogens with one attached hydrogen (secondary N) is 1. The minimum absolute atomic E-state index is 0.0780. The molecule has 0 aliphatic carbocycles. The summed E-state index contributed by atoms with van der Waals surface area (Å²) in [5.74, 6) is 0.0241. The zero-order valence-corrected chi connectivity index (χ0v) is 15.5. The van der Waals surface area contributed by atoms with E-state index in [0.29, 0.717) is 23.6 Å². The number of aromatic nitrogens is 1. The highest BCUT2D eigenvalue weighted by molar-refractivity contribution is 6.17. The summed E-state index contributed by atoms with van der Waals surface area (Å²) in [6, 6.07) is 13.9. The van der Waals surface area contributed by atoms with Crippen LogP contribution in [0.4, 0.5) is 4.39 Å². The number of nitrogens with zero attached hydrogens (tertiary/aromatic N) is 1. The van der Waals surface area contributed by atoms with Gasteiger partial charge in [0.15, 0.2) is 11.6 Å². The molecule has 1 N–H and O–H groups in total. The van der Waals surface area contributed by atoms with E-state index < -0.39 is 5.82 Å². The molecule has 0 saturated heterocycles. The van der Waals surface area contributed by atoms with Gasteiger partial charge in [-0.3, -0.25) is 9.78 Å². The SMILES string of the molecule is O=C(NCc1cccc(OCCCCCl)c1F)c1ccc2ncccc2c1. The Labute approximate surface area is 162 Å². The lowest BCUT2D eigenvalue weighted by atomic mass is 10.1. The number of alkyl halides is 1. The number of unbranched alkanes of at least 4 members (excludes halogenated alkanes) is 1. The molecule has 0 bridgehead atoms. The van der Waals surface area contributed by atoms with Gasteiger partial charge in [-0.1, -0.05) is 18.2 Å². The number of ether oxygens (including phenoxy) is 1. The molecule has 1 aromatic heterocycles. The lowest BCUT2D eigenvalue weighted by molar-refractivity contribution is 0.0950. The van der Waals surface area contributed by atoms with Gasteiger partial charge < -0.3 is 10.1 Å². The van der Waals surface area contributed by atoms with Gasteiger partial charge in [-0.15, -0.1) is 11.6 Å². The Bertz CT molecular complexity index is 933. The summed E-state index contributed by atoms with van der Waals surface area (Å²) in [6.45, 7) is 0.485. The van der Waals surface area contributed by atoms with Gasteiger partial charge in [-0.2, -0.15) is 0 Å². The number of hydrogen-bond acceptors (Lipinski definition) is 3. The van der Waals surface area contributed by atoms with E-state index in [1.165, 1.54) is 0 Å². The number of hydrogen-bond donors (Lipinski definition) is 1. The number of pyridine rings is 1. The number of benzene rings is 2. The van der Waals surface area contributed by atoms with Crippen LogP contribution in [0, 0.1) is 5.82 Å². The van der Waals surface area contributed by atoms with Crippen LogP contribution >= 0.6 is 11.6 Å². The fourth-order valence-electron chi connectivity index (χ4n) is 2.68. The van der Waals surface area contributed by atoms with Gasteiger partial charge in [0.05, 0.1) is 12.1 Å². The topological polar surface area (TPSA) is 51.2 Å². The third-order valence-electron chi connectivity index (χ3n) is 4.13. The minimum atomic E-state index is -0.452. The predicted octanol–water partition coefficient (Wildman–Crippen LogP) is 4.70. The third-order valence-corrected chi connectivity index (χ3v) is 4.40. The summed E-state index contributed by atoms with van der Waals surface area (Å²) in [6.07, 6.45) is 3.29. The molecule has 0 spiro atoms. The van der Waals surface area contributed by atoms with Crippen molar-refractivity contribution >= 4 is 28.4 Å². The van der Waals surface area contributed by atoms with Crippen LogP contribution in [-0.2, 0) is 6.54 Å². The number of fused-ring (bicyclic) bond motifs is 1. The fourth-order valence-corrected chi connectivity index (χ4v) is 2.87. The normalized spacial score (nSPS) is 10.7. The number of halogens is 2. The van der Waals surface area contributed by atoms with Crippen molar-refractivity contribution < 1.29 is 13.9 Å². The Morgan fingerprint density at radius 3 is 2.89 bits per heavy atom. The minimum Gasteiger partial charge on any atom is -0.491 e. The second kappa shape index (κ2) is 9.33. The molecule has 0 radical (unpaired) electrons. The molecule has 0 aliphatic rings. The Morgan fingerprint density at radius 2 is 2.04 bits per heavy atom. The molecule has 1 amide bonds. The van der Waals surface area contributed by atoms with Crippen LogP contribution in [0.2, 0.25) is 0 Å². The van der Waals surface area contributed by atoms with Crippen molar-refractivity contribution in [2.75, 3.05) is 12.5 Å². The molecule has 0 aliphatic heterocycles. The zero-order valence-electron chi connectivity index (χ0n) is 14.8. The molecular weight excluding hydrogens is 367 g/mol. The van der Waals surface area contributed by atoms with E-state index in [1.54, 1.807) is 42.6 Å². The summed E-state index contributed by atoms with van der Waals surface area (Å²) in [7, 11) is 0. The van der Waals surface area contributed by atoms with Gasteiger partial charge in [0.2, 0.25) is 0 Å². The van der Waals surface area contributed by atoms with E-state index in [9.17, 15) is 9.18 Å². The van der Waals surface area contributed by atoms with Crippen LogP contribution in [0.15, 0.2) is 54.7 Å². The van der Waals surface area contributed by atoms with Crippen molar-refractivity contribution in [3.05, 3.63) is 71.7 Å². The highest BCUT2D eigenvalue weighted by Crippen LogP contribution is 2.21. The zero-order chi connectivity index (χ0) is 19.1. The lowest BCUT2D eigenvalue weighted by Gasteiger charge is -2.11. The molecule has 0 atom stereocenters. The Hall–Kier alpha value is -2.66. The van der Waals surface area contributed by atoms with Crippen LogP contribution in [0.25, 0.3) is 10.9 Å². The molecule has 2 aromatic carbocycles. The summed E-state index contributed by atoms with van der Waals surface area (Å²) in [4.78, 5) is 16.6. The van der Waals surface area contributed by atoms with Gasteiger partial charge in [0, 0.05) is 35.1 Å². The second-order valence-electron chi connectivity index (χ2n) is 6.07. The molecule has 3 aromatic rings. The smallest absolute Gasteiger partial charge is 0.251 e. The Morgan fingerprint density at radius 1 is 1.15 bits per heavy atom. The van der Waals surface area contributed by atoms with Crippen molar-refractivity contribution in [1.29, 1.82) is 0 Å². The number of amides is 1. The predicted molar refractivity (Wildman–Crippen MR) is 105 cm³/mol. The molecule has 4 nitrogen and oxygen atoms in total. The van der Waals surface area contributed by atoms with Crippen molar-refractivity contribution in [2.24, 2.45) is 0 Å². The molecule has 140 valence electrons. The van der Waals surface area contributed by atoms with Crippen molar-refractivity contribution in [3.8, 4) is 5.75 Å². The van der Waals surface area contributed by atoms with Crippen LogP contribution in [0.5, 0.6) is 5.75 Å². The fraction of sp³-hybridized carbons (Fsp3) is 0.238. The summed E-state index contributed by atoms with van der Waals surface area (Å²) in [5, 5.41) is 3.63. The van der Waals surface area contributed by atoms with Crippen LogP contribution < -0.4 is 10.1 Å². The van der Waals surface area contributed by atoms with E-state index in [1.807, 2.05) is 12.1 Å². The van der Waals surface area contributed by atoms with E-state index in [4.69, 9.17) is 16.3 Å². The van der Waals surface area contributed by atoms with Crippen molar-refractivity contribution in [1.82, 2.24) is 10.3 Å². The molecular formula is C21H20ClFN2O2. The first-order chi connectivity index (χ1) is 13.2. The number of carbonyl (C=O) groups excluding carboxylic acids is 1. The van der Waals surface area contributed by atoms with Crippen LogP contribution in [0.3, 0.4) is 0 Å². The highest BCUT2D eigenvalue weighted by Gasteiger charge is 2.12. The average Bonchev–Trinajstić information content (AvgIpc) is 2.70. The van der Waals surface area contributed by atoms with Gasteiger partial charge in [0.25, 0.3) is 5.91 Å². The molecule has 0 fully saturated rings. The largest absolute Gasteiger partial charge is 0.491 e. The summed E-state index contributed by atoms with van der Waals surface area (Å²) >= 11 is 5.62. The Balaban J connectivity index is 1.64. The van der Waals surface area contributed by atoms with Crippen LogP contribution in [0.1, 0.15) is 28.8 Å². The van der Waals surface area contributed by atoms with Crippen molar-refractivity contribution in [3.63, 3.8) is 0 Å². The maximum atomic E-state index is 14.5. The third kappa shape index (κ3) is 4.95. The van der Waals surface area contributed by atoms with E-state index in [-0.39, 0.29) is 18.2 Å². The first-order valence-electron chi connectivity index (χ1n) is 8.78. The average molecular weight is 387 g/mol. The molecule has 3 rings (SSSR count). The number of rotatable bonds is 8. The molecule has 6 heteroatoms. The summed E-state index contributed by atoms with van der Waals surface area (Å²) in [5.41, 5.74) is 1.70. The second-order valence-corrected chi connectivity index (χ2v) is 6.45. The van der Waals surface area contributed by atoms with E-state index >= 15 is 0 Å². The highest BCUT2D eigenvalue weighted by atomic mass is 35.5. The standard InChI is InChI=1S/C21H20ClFN2O2/c22-10-1-2-12-27-19-7-3-5-17(20(19)23)14-25-21(26)16-8-9-18-15(13-16)6-4-11-24-18/h3-9,11,13H,1-2,10,12,14H2,(H,25,26). The monoisotopic (exact) mass is 386 g/mol. The maximum Gasteiger partial charge on any atom is 0.251 e.